The van der Waals surface area contributed by atoms with Crippen LogP contribution in [0.5, 0.6) is 5.75 Å². The molecule has 0 fully saturated rings. The molecule has 0 aliphatic rings. The van der Waals surface area contributed by atoms with Gasteiger partial charge in [-0.15, -0.1) is 0 Å². The average Bonchev–Trinajstić information content (AvgIpc) is 2.77. The van der Waals surface area contributed by atoms with Gasteiger partial charge in [-0.1, -0.05) is 55.2 Å². The highest BCUT2D eigenvalue weighted by atomic mass is 35.5. The molecule has 2 aromatic rings. The van der Waals surface area contributed by atoms with Crippen molar-refractivity contribution in [2.75, 3.05) is 6.61 Å². The zero-order valence-corrected chi connectivity index (χ0v) is 20.0. The Balaban J connectivity index is 2.20. The van der Waals surface area contributed by atoms with Gasteiger partial charge in [0.15, 0.2) is 6.61 Å². The Labute approximate surface area is 194 Å². The summed E-state index contributed by atoms with van der Waals surface area (Å²) in [4.78, 5) is 27.3. The fraction of sp³-hybridized carbons (Fsp3) is 0.417. The zero-order valence-electron chi connectivity index (χ0n) is 18.5. The third kappa shape index (κ3) is 7.15. The van der Waals surface area contributed by atoms with E-state index in [0.29, 0.717) is 21.4 Å². The summed E-state index contributed by atoms with van der Waals surface area (Å²) >= 11 is 12.6. The summed E-state index contributed by atoms with van der Waals surface area (Å²) in [5.41, 5.74) is 1.78. The lowest BCUT2D eigenvalue weighted by atomic mass is 10.1. The topological polar surface area (TPSA) is 58.6 Å². The van der Waals surface area contributed by atoms with Gasteiger partial charge in [0.25, 0.3) is 5.91 Å². The molecule has 0 radical (unpaired) electrons. The summed E-state index contributed by atoms with van der Waals surface area (Å²) in [6.45, 7) is 7.57. The van der Waals surface area contributed by atoms with E-state index in [1.807, 2.05) is 38.1 Å². The third-order valence-electron chi connectivity index (χ3n) is 5.25. The largest absolute Gasteiger partial charge is 0.484 e. The van der Waals surface area contributed by atoms with Crippen LogP contribution in [0.3, 0.4) is 0 Å². The lowest BCUT2D eigenvalue weighted by molar-refractivity contribution is -0.142. The Kier molecular flexibility index (Phi) is 9.66. The van der Waals surface area contributed by atoms with Crippen molar-refractivity contribution < 1.29 is 14.3 Å². The molecule has 0 unspecified atom stereocenters. The van der Waals surface area contributed by atoms with Crippen molar-refractivity contribution in [3.8, 4) is 5.75 Å². The standard InChI is InChI=1S/C24H30Cl2N2O3/c1-5-16(3)27-24(30)17(4)28(14-20-21(25)8-7-9-22(20)26)23(29)15-31-19-12-10-18(6-2)11-13-19/h7-13,16-17H,5-6,14-15H2,1-4H3,(H,27,30)/t16-,17+/m0/s1. The van der Waals surface area contributed by atoms with Crippen molar-refractivity contribution in [1.29, 1.82) is 0 Å². The van der Waals surface area contributed by atoms with Gasteiger partial charge < -0.3 is 15.0 Å². The number of nitrogens with zero attached hydrogens (tertiary/aromatic N) is 1. The molecule has 2 atom stereocenters. The molecule has 0 aliphatic carbocycles. The quantitative estimate of drug-likeness (QED) is 0.520. The van der Waals surface area contributed by atoms with E-state index in [2.05, 4.69) is 12.2 Å². The first kappa shape index (κ1) is 25.0. The van der Waals surface area contributed by atoms with Crippen LogP contribution in [-0.4, -0.2) is 35.4 Å². The smallest absolute Gasteiger partial charge is 0.261 e. The number of amides is 2. The van der Waals surface area contributed by atoms with E-state index in [1.165, 1.54) is 10.5 Å². The predicted octanol–water partition coefficient (Wildman–Crippen LogP) is 5.27. The highest BCUT2D eigenvalue weighted by Crippen LogP contribution is 2.26. The first-order chi connectivity index (χ1) is 14.8. The van der Waals surface area contributed by atoms with Crippen molar-refractivity contribution >= 4 is 35.0 Å². The lowest BCUT2D eigenvalue weighted by Crippen LogP contribution is -2.50. The van der Waals surface area contributed by atoms with Crippen LogP contribution in [0, 0.1) is 0 Å². The Bertz CT molecular complexity index is 867. The summed E-state index contributed by atoms with van der Waals surface area (Å²) in [5.74, 6) is 0.0264. The minimum atomic E-state index is -0.722. The number of aryl methyl sites for hydroxylation is 1. The van der Waals surface area contributed by atoms with Crippen molar-refractivity contribution in [3.05, 3.63) is 63.6 Å². The van der Waals surface area contributed by atoms with Crippen LogP contribution in [0.1, 0.15) is 45.2 Å². The van der Waals surface area contributed by atoms with E-state index < -0.39 is 6.04 Å². The SMILES string of the molecule is CCc1ccc(OCC(=O)N(Cc2c(Cl)cccc2Cl)[C@H](C)C(=O)N[C@@H](C)CC)cc1. The fourth-order valence-corrected chi connectivity index (χ4v) is 3.47. The van der Waals surface area contributed by atoms with Gasteiger partial charge in [0.2, 0.25) is 5.91 Å². The lowest BCUT2D eigenvalue weighted by Gasteiger charge is -2.30. The van der Waals surface area contributed by atoms with Gasteiger partial charge in [-0.2, -0.15) is 0 Å². The molecular formula is C24H30Cl2N2O3. The van der Waals surface area contributed by atoms with Crippen molar-refractivity contribution in [3.63, 3.8) is 0 Å². The molecule has 0 heterocycles. The van der Waals surface area contributed by atoms with E-state index in [9.17, 15) is 9.59 Å². The molecule has 1 N–H and O–H groups in total. The van der Waals surface area contributed by atoms with E-state index in [-0.39, 0.29) is 31.0 Å². The highest BCUT2D eigenvalue weighted by molar-refractivity contribution is 6.36. The number of ether oxygens (including phenoxy) is 1. The minimum absolute atomic E-state index is 0.00383. The van der Waals surface area contributed by atoms with Gasteiger partial charge in [-0.05, 0) is 56.5 Å². The van der Waals surface area contributed by atoms with E-state index in [1.54, 1.807) is 25.1 Å². The van der Waals surface area contributed by atoms with Crippen molar-refractivity contribution in [1.82, 2.24) is 10.2 Å². The van der Waals surface area contributed by atoms with E-state index in [4.69, 9.17) is 27.9 Å². The van der Waals surface area contributed by atoms with Gasteiger partial charge in [0.05, 0.1) is 0 Å². The number of hydrogen-bond donors (Lipinski definition) is 1. The molecule has 0 aliphatic heterocycles. The van der Waals surface area contributed by atoms with Crippen LogP contribution < -0.4 is 10.1 Å². The molecule has 2 amide bonds. The number of carbonyl (C=O) groups excluding carboxylic acids is 2. The van der Waals surface area contributed by atoms with Gasteiger partial charge >= 0.3 is 0 Å². The van der Waals surface area contributed by atoms with Crippen LogP contribution in [0.4, 0.5) is 0 Å². The summed E-state index contributed by atoms with van der Waals surface area (Å²) in [5, 5.41) is 3.81. The average molecular weight is 465 g/mol. The number of rotatable bonds is 10. The maximum Gasteiger partial charge on any atom is 0.261 e. The molecule has 31 heavy (non-hydrogen) atoms. The molecular weight excluding hydrogens is 435 g/mol. The summed E-state index contributed by atoms with van der Waals surface area (Å²) in [6, 6.07) is 12.0. The molecule has 0 saturated heterocycles. The van der Waals surface area contributed by atoms with Crippen LogP contribution in [0.2, 0.25) is 10.0 Å². The Morgan fingerprint density at radius 3 is 2.19 bits per heavy atom. The van der Waals surface area contributed by atoms with Gasteiger partial charge in [0, 0.05) is 28.2 Å². The highest BCUT2D eigenvalue weighted by Gasteiger charge is 2.28. The molecule has 0 spiro atoms. The number of hydrogen-bond acceptors (Lipinski definition) is 3. The summed E-state index contributed by atoms with van der Waals surface area (Å²) in [7, 11) is 0. The third-order valence-corrected chi connectivity index (χ3v) is 5.96. The van der Waals surface area contributed by atoms with Crippen LogP contribution in [0.25, 0.3) is 0 Å². The molecule has 0 saturated carbocycles. The zero-order chi connectivity index (χ0) is 23.0. The first-order valence-corrected chi connectivity index (χ1v) is 11.3. The molecule has 5 nitrogen and oxygen atoms in total. The molecule has 0 bridgehead atoms. The Morgan fingerprint density at radius 2 is 1.65 bits per heavy atom. The summed E-state index contributed by atoms with van der Waals surface area (Å²) < 4.78 is 5.69. The number of benzene rings is 2. The summed E-state index contributed by atoms with van der Waals surface area (Å²) in [6.07, 6.45) is 1.72. The van der Waals surface area contributed by atoms with Gasteiger partial charge in [-0.3, -0.25) is 9.59 Å². The van der Waals surface area contributed by atoms with E-state index >= 15 is 0 Å². The molecule has 7 heteroatoms. The van der Waals surface area contributed by atoms with Crippen LogP contribution >= 0.6 is 23.2 Å². The first-order valence-electron chi connectivity index (χ1n) is 10.5. The van der Waals surface area contributed by atoms with Crippen molar-refractivity contribution in [2.45, 2.75) is 59.2 Å². The second-order valence-corrected chi connectivity index (χ2v) is 8.32. The normalized spacial score (nSPS) is 12.7. The van der Waals surface area contributed by atoms with E-state index in [0.717, 1.165) is 12.8 Å². The Hall–Kier alpha value is -2.24. The Morgan fingerprint density at radius 1 is 1.03 bits per heavy atom. The van der Waals surface area contributed by atoms with Gasteiger partial charge in [-0.25, -0.2) is 0 Å². The molecule has 2 rings (SSSR count). The van der Waals surface area contributed by atoms with Crippen LogP contribution in [-0.2, 0) is 22.6 Å². The molecule has 2 aromatic carbocycles. The second kappa shape index (κ2) is 12.0. The number of carbonyl (C=O) groups is 2. The maximum absolute atomic E-state index is 13.1. The predicted molar refractivity (Wildman–Crippen MR) is 126 cm³/mol. The maximum atomic E-state index is 13.1. The second-order valence-electron chi connectivity index (χ2n) is 7.50. The van der Waals surface area contributed by atoms with Crippen LogP contribution in [0.15, 0.2) is 42.5 Å². The minimum Gasteiger partial charge on any atom is -0.484 e. The molecule has 168 valence electrons. The monoisotopic (exact) mass is 464 g/mol. The number of nitrogens with one attached hydrogen (secondary N) is 1. The fourth-order valence-electron chi connectivity index (χ4n) is 2.95. The van der Waals surface area contributed by atoms with Crippen molar-refractivity contribution in [2.24, 2.45) is 0 Å². The number of halogens is 2. The molecule has 0 aromatic heterocycles. The van der Waals surface area contributed by atoms with Gasteiger partial charge in [0.1, 0.15) is 11.8 Å².